The lowest BCUT2D eigenvalue weighted by atomic mass is 9.86. The Bertz CT molecular complexity index is 622. The summed E-state index contributed by atoms with van der Waals surface area (Å²) in [6, 6.07) is 10.7. The molecule has 1 fully saturated rings. The fourth-order valence-electron chi connectivity index (χ4n) is 3.21. The number of benzene rings is 1. The second-order valence-electron chi connectivity index (χ2n) is 8.19. The first-order chi connectivity index (χ1) is 12.9. The number of aryl methyl sites for hydroxylation is 1. The predicted molar refractivity (Wildman–Crippen MR) is 108 cm³/mol. The van der Waals surface area contributed by atoms with Crippen LogP contribution in [0.2, 0.25) is 0 Å². The fraction of sp³-hybridized carbons (Fsp3) is 0.636. The van der Waals surface area contributed by atoms with Gasteiger partial charge in [0.15, 0.2) is 0 Å². The number of hydrogen-bond acceptors (Lipinski definition) is 4. The van der Waals surface area contributed by atoms with Gasteiger partial charge in [0.05, 0.1) is 25.7 Å². The van der Waals surface area contributed by atoms with E-state index in [-0.39, 0.29) is 11.3 Å². The largest absolute Gasteiger partial charge is 0.379 e. The summed E-state index contributed by atoms with van der Waals surface area (Å²) >= 11 is 0. The molecule has 0 saturated carbocycles. The Kier molecular flexibility index (Phi) is 8.27. The molecule has 5 nitrogen and oxygen atoms in total. The number of morpholine rings is 1. The second-order valence-corrected chi connectivity index (χ2v) is 8.19. The molecule has 148 valence electrons. The Labute approximate surface area is 163 Å². The molecular formula is C22H33N3O2. The van der Waals surface area contributed by atoms with Crippen molar-refractivity contribution in [2.24, 2.45) is 0 Å². The lowest BCUT2D eigenvalue weighted by Gasteiger charge is -2.30. The maximum absolute atomic E-state index is 12.7. The van der Waals surface area contributed by atoms with Gasteiger partial charge >= 0.3 is 0 Å². The summed E-state index contributed by atoms with van der Waals surface area (Å²) in [4.78, 5) is 16.9. The van der Waals surface area contributed by atoms with Crippen LogP contribution in [0.25, 0.3) is 0 Å². The van der Waals surface area contributed by atoms with Crippen molar-refractivity contribution in [3.63, 3.8) is 0 Å². The van der Waals surface area contributed by atoms with Crippen LogP contribution in [0.15, 0.2) is 24.3 Å². The first kappa shape index (κ1) is 21.4. The van der Waals surface area contributed by atoms with Gasteiger partial charge in [0.1, 0.15) is 0 Å². The number of hydrogen-bond donors (Lipinski definition) is 0. The second kappa shape index (κ2) is 10.4. The number of nitriles is 1. The molecule has 0 radical (unpaired) electrons. The lowest BCUT2D eigenvalue weighted by Crippen LogP contribution is -2.43. The first-order valence-corrected chi connectivity index (χ1v) is 9.94. The van der Waals surface area contributed by atoms with E-state index in [0.717, 1.165) is 39.3 Å². The van der Waals surface area contributed by atoms with Crippen LogP contribution in [0, 0.1) is 11.3 Å². The number of carbonyl (C=O) groups is 1. The molecule has 5 heteroatoms. The van der Waals surface area contributed by atoms with Crippen molar-refractivity contribution in [2.45, 2.75) is 45.4 Å². The van der Waals surface area contributed by atoms with Crippen LogP contribution in [0.1, 0.15) is 44.7 Å². The fourth-order valence-corrected chi connectivity index (χ4v) is 3.21. The molecule has 0 N–H and O–H groups in total. The van der Waals surface area contributed by atoms with Gasteiger partial charge in [-0.2, -0.15) is 5.26 Å². The molecule has 1 heterocycles. The van der Waals surface area contributed by atoms with Crippen molar-refractivity contribution >= 4 is 5.91 Å². The molecule has 1 aliphatic heterocycles. The van der Waals surface area contributed by atoms with Crippen LogP contribution in [0.5, 0.6) is 0 Å². The Hall–Kier alpha value is -1.90. The maximum Gasteiger partial charge on any atom is 0.222 e. The molecule has 1 aromatic rings. The predicted octanol–water partition coefficient (Wildman–Crippen LogP) is 2.99. The van der Waals surface area contributed by atoms with Gasteiger partial charge in [-0.05, 0) is 23.0 Å². The van der Waals surface area contributed by atoms with E-state index in [4.69, 9.17) is 10.00 Å². The van der Waals surface area contributed by atoms with Gasteiger partial charge < -0.3 is 9.64 Å². The summed E-state index contributed by atoms with van der Waals surface area (Å²) in [5.74, 6) is 0.137. The normalized spacial score (nSPS) is 15.3. The number of amides is 1. The summed E-state index contributed by atoms with van der Waals surface area (Å²) < 4.78 is 5.37. The lowest BCUT2D eigenvalue weighted by molar-refractivity contribution is -0.131. The summed E-state index contributed by atoms with van der Waals surface area (Å²) in [5, 5.41) is 8.90. The zero-order valence-corrected chi connectivity index (χ0v) is 17.0. The van der Waals surface area contributed by atoms with E-state index >= 15 is 0 Å². The highest BCUT2D eigenvalue weighted by Gasteiger charge is 2.17. The standard InChI is InChI=1S/C22H33N3O2/c1-22(2,3)20-8-5-19(6-9-20)7-10-21(26)25(12-4-11-23)14-13-24-15-17-27-18-16-24/h5-6,8-9H,4,7,10,12-18H2,1-3H3. The summed E-state index contributed by atoms with van der Waals surface area (Å²) in [7, 11) is 0. The smallest absolute Gasteiger partial charge is 0.222 e. The van der Waals surface area contributed by atoms with Crippen molar-refractivity contribution in [2.75, 3.05) is 45.9 Å². The molecule has 27 heavy (non-hydrogen) atoms. The third-order valence-electron chi connectivity index (χ3n) is 5.08. The third-order valence-corrected chi connectivity index (χ3v) is 5.08. The van der Waals surface area contributed by atoms with Crippen LogP contribution in [-0.2, 0) is 21.4 Å². The molecule has 1 aliphatic rings. The molecule has 1 amide bonds. The number of carbonyl (C=O) groups excluding carboxylic acids is 1. The Morgan fingerprint density at radius 1 is 1.19 bits per heavy atom. The van der Waals surface area contributed by atoms with E-state index in [9.17, 15) is 4.79 Å². The summed E-state index contributed by atoms with van der Waals surface area (Å²) in [5.41, 5.74) is 2.63. The highest BCUT2D eigenvalue weighted by Crippen LogP contribution is 2.22. The Balaban J connectivity index is 1.85. The first-order valence-electron chi connectivity index (χ1n) is 9.94. The van der Waals surface area contributed by atoms with Crippen LogP contribution in [0.3, 0.4) is 0 Å². The topological polar surface area (TPSA) is 56.6 Å². The average Bonchev–Trinajstić information content (AvgIpc) is 2.66. The van der Waals surface area contributed by atoms with Crippen molar-refractivity contribution in [1.29, 1.82) is 5.26 Å². The molecule has 0 aliphatic carbocycles. The minimum atomic E-state index is 0.137. The van der Waals surface area contributed by atoms with Crippen LogP contribution in [-0.4, -0.2) is 61.6 Å². The molecule has 0 spiro atoms. The summed E-state index contributed by atoms with van der Waals surface area (Å²) in [6.45, 7) is 12.0. The van der Waals surface area contributed by atoms with Crippen LogP contribution in [0.4, 0.5) is 0 Å². The molecule has 0 bridgehead atoms. The van der Waals surface area contributed by atoms with Gasteiger partial charge in [-0.1, -0.05) is 45.0 Å². The van der Waals surface area contributed by atoms with Gasteiger partial charge in [0.25, 0.3) is 0 Å². The molecule has 0 aromatic heterocycles. The molecule has 2 rings (SSSR count). The molecule has 0 atom stereocenters. The Morgan fingerprint density at radius 3 is 2.44 bits per heavy atom. The molecule has 0 unspecified atom stereocenters. The molecular weight excluding hydrogens is 338 g/mol. The van der Waals surface area contributed by atoms with E-state index in [1.807, 2.05) is 4.90 Å². The zero-order chi connectivity index (χ0) is 19.7. The number of nitrogens with zero attached hydrogens (tertiary/aromatic N) is 3. The third kappa shape index (κ3) is 7.32. The van der Waals surface area contributed by atoms with E-state index in [2.05, 4.69) is 56.0 Å². The van der Waals surface area contributed by atoms with Crippen LogP contribution < -0.4 is 0 Å². The minimum Gasteiger partial charge on any atom is -0.379 e. The van der Waals surface area contributed by atoms with Crippen molar-refractivity contribution in [3.8, 4) is 6.07 Å². The van der Waals surface area contributed by atoms with E-state index in [1.54, 1.807) is 0 Å². The quantitative estimate of drug-likeness (QED) is 0.705. The minimum absolute atomic E-state index is 0.137. The highest BCUT2D eigenvalue weighted by atomic mass is 16.5. The maximum atomic E-state index is 12.7. The number of rotatable bonds is 8. The van der Waals surface area contributed by atoms with Gasteiger partial charge in [0.2, 0.25) is 5.91 Å². The van der Waals surface area contributed by atoms with Crippen molar-refractivity contribution in [1.82, 2.24) is 9.80 Å². The van der Waals surface area contributed by atoms with Gasteiger partial charge in [-0.25, -0.2) is 0 Å². The van der Waals surface area contributed by atoms with E-state index in [0.29, 0.717) is 25.9 Å². The van der Waals surface area contributed by atoms with Gasteiger partial charge in [0, 0.05) is 39.1 Å². The van der Waals surface area contributed by atoms with E-state index < -0.39 is 0 Å². The summed E-state index contributed by atoms with van der Waals surface area (Å²) in [6.07, 6.45) is 1.61. The molecule has 1 aromatic carbocycles. The van der Waals surface area contributed by atoms with Gasteiger partial charge in [-0.15, -0.1) is 0 Å². The van der Waals surface area contributed by atoms with Gasteiger partial charge in [-0.3, -0.25) is 9.69 Å². The average molecular weight is 372 g/mol. The SMILES string of the molecule is CC(C)(C)c1ccc(CCC(=O)N(CCC#N)CCN2CCOCC2)cc1. The molecule has 1 saturated heterocycles. The monoisotopic (exact) mass is 371 g/mol. The highest BCUT2D eigenvalue weighted by molar-refractivity contribution is 5.76. The number of ether oxygens (including phenoxy) is 1. The van der Waals surface area contributed by atoms with Crippen molar-refractivity contribution < 1.29 is 9.53 Å². The zero-order valence-electron chi connectivity index (χ0n) is 17.0. The van der Waals surface area contributed by atoms with E-state index in [1.165, 1.54) is 11.1 Å². The van der Waals surface area contributed by atoms with Crippen molar-refractivity contribution in [3.05, 3.63) is 35.4 Å². The van der Waals surface area contributed by atoms with Crippen LogP contribution >= 0.6 is 0 Å². The Morgan fingerprint density at radius 2 is 1.85 bits per heavy atom.